The topological polar surface area (TPSA) is 140 Å². The van der Waals surface area contributed by atoms with Crippen molar-refractivity contribution in [1.82, 2.24) is 19.5 Å². The molecule has 1 aliphatic rings. The summed E-state index contributed by atoms with van der Waals surface area (Å²) in [5, 5.41) is 29.0. The summed E-state index contributed by atoms with van der Waals surface area (Å²) in [6.45, 7) is 3.17. The molecule has 2 aromatic rings. The molecule has 0 saturated carbocycles. The van der Waals surface area contributed by atoms with Gasteiger partial charge in [0.15, 0.2) is 23.5 Å². The lowest BCUT2D eigenvalue weighted by atomic mass is 10.1. The summed E-state index contributed by atoms with van der Waals surface area (Å²) in [4.78, 5) is 12.3. The van der Waals surface area contributed by atoms with Crippen molar-refractivity contribution in [3.63, 3.8) is 0 Å². The van der Waals surface area contributed by atoms with E-state index in [2.05, 4.69) is 21.5 Å². The fourth-order valence-electron chi connectivity index (χ4n) is 2.34. The Balaban J connectivity index is 2.09. The molecule has 0 unspecified atom stereocenters. The van der Waals surface area contributed by atoms with Gasteiger partial charge in [-0.3, -0.25) is 4.57 Å². The molecule has 0 radical (unpaired) electrons. The first-order chi connectivity index (χ1) is 10.1. The van der Waals surface area contributed by atoms with Crippen LogP contribution in [-0.2, 0) is 4.74 Å². The first-order valence-electron chi connectivity index (χ1n) is 6.31. The zero-order chi connectivity index (χ0) is 15.1. The number of hydrogen-bond acceptors (Lipinski definition) is 8. The summed E-state index contributed by atoms with van der Waals surface area (Å²) in [7, 11) is 0. The molecule has 112 valence electrons. The molecule has 0 bridgehead atoms. The van der Waals surface area contributed by atoms with Crippen LogP contribution in [0.4, 0.5) is 5.82 Å². The Hall–Kier alpha value is -2.07. The molecule has 0 spiro atoms. The minimum Gasteiger partial charge on any atom is -0.394 e. The van der Waals surface area contributed by atoms with Gasteiger partial charge in [-0.25, -0.2) is 15.0 Å². The van der Waals surface area contributed by atoms with E-state index in [0.29, 0.717) is 17.0 Å². The highest BCUT2D eigenvalue weighted by Crippen LogP contribution is 2.31. The van der Waals surface area contributed by atoms with Gasteiger partial charge in [0, 0.05) is 0 Å². The molecule has 9 heteroatoms. The van der Waals surface area contributed by atoms with Crippen LogP contribution in [0.1, 0.15) is 12.1 Å². The molecule has 1 aliphatic heterocycles. The number of rotatable bonds is 3. The number of hydrogen-bond donors (Lipinski definition) is 4. The highest BCUT2D eigenvalue weighted by Gasteiger charge is 2.44. The molecule has 1 fully saturated rings. The number of nitrogens with two attached hydrogens (primary N) is 1. The number of aliphatic hydroxyl groups is 3. The zero-order valence-corrected chi connectivity index (χ0v) is 11.0. The van der Waals surface area contributed by atoms with Crippen molar-refractivity contribution in [3.8, 4) is 0 Å². The predicted octanol–water partition coefficient (Wildman–Crippen LogP) is -1.34. The Kier molecular flexibility index (Phi) is 3.33. The molecule has 3 rings (SSSR count). The SMILES string of the molecule is C=Cc1nc(N)c2ncn([C@@H]3O[C@H](CO)[C@@H](O)[C@H]3O)c2n1. The number of anilines is 1. The highest BCUT2D eigenvalue weighted by molar-refractivity contribution is 5.82. The zero-order valence-electron chi connectivity index (χ0n) is 11.0. The molecule has 9 nitrogen and oxygen atoms in total. The van der Waals surface area contributed by atoms with Crippen LogP contribution in [0.3, 0.4) is 0 Å². The minimum atomic E-state index is -1.22. The third-order valence-corrected chi connectivity index (χ3v) is 3.44. The number of imidazole rings is 1. The van der Waals surface area contributed by atoms with Gasteiger partial charge >= 0.3 is 0 Å². The lowest BCUT2D eigenvalue weighted by Gasteiger charge is -2.16. The lowest BCUT2D eigenvalue weighted by Crippen LogP contribution is -2.33. The number of aromatic nitrogens is 4. The summed E-state index contributed by atoms with van der Waals surface area (Å²) in [6.07, 6.45) is -1.39. The van der Waals surface area contributed by atoms with E-state index in [4.69, 9.17) is 15.6 Å². The molecule has 5 N–H and O–H groups in total. The molecule has 0 amide bonds. The largest absolute Gasteiger partial charge is 0.394 e. The van der Waals surface area contributed by atoms with Gasteiger partial charge in [0.1, 0.15) is 23.8 Å². The van der Waals surface area contributed by atoms with Crippen LogP contribution < -0.4 is 5.73 Å². The Labute approximate surface area is 119 Å². The van der Waals surface area contributed by atoms with Gasteiger partial charge in [0.2, 0.25) is 0 Å². The van der Waals surface area contributed by atoms with Crippen molar-refractivity contribution in [1.29, 1.82) is 0 Å². The van der Waals surface area contributed by atoms with Crippen molar-refractivity contribution < 1.29 is 20.1 Å². The van der Waals surface area contributed by atoms with Gasteiger partial charge in [0.25, 0.3) is 0 Å². The fraction of sp³-hybridized carbons (Fsp3) is 0.417. The molecular weight excluding hydrogens is 278 g/mol. The average molecular weight is 293 g/mol. The van der Waals surface area contributed by atoms with Crippen molar-refractivity contribution in [2.75, 3.05) is 12.3 Å². The second-order valence-electron chi connectivity index (χ2n) is 4.72. The maximum Gasteiger partial charge on any atom is 0.168 e. The first-order valence-corrected chi connectivity index (χ1v) is 6.31. The predicted molar refractivity (Wildman–Crippen MR) is 72.8 cm³/mol. The summed E-state index contributed by atoms with van der Waals surface area (Å²) in [6, 6.07) is 0. The maximum absolute atomic E-state index is 10.1. The summed E-state index contributed by atoms with van der Waals surface area (Å²) >= 11 is 0. The van der Waals surface area contributed by atoms with Crippen LogP contribution in [0.15, 0.2) is 12.9 Å². The number of ether oxygens (including phenoxy) is 1. The summed E-state index contributed by atoms with van der Waals surface area (Å²) < 4.78 is 6.90. The standard InChI is InChI=1S/C12H15N5O4/c1-2-6-15-10(13)7-11(16-6)17(4-14-7)12-9(20)8(19)5(3-18)21-12/h2,4-5,8-9,12,18-20H,1,3H2,(H2,13,15,16)/t5-,8-,9-,12-/m1/s1. The van der Waals surface area contributed by atoms with Gasteiger partial charge in [0.05, 0.1) is 12.9 Å². The quantitative estimate of drug-likeness (QED) is 0.545. The van der Waals surface area contributed by atoms with Crippen LogP contribution in [0.2, 0.25) is 0 Å². The summed E-state index contributed by atoms with van der Waals surface area (Å²) in [5.41, 5.74) is 6.51. The van der Waals surface area contributed by atoms with E-state index in [9.17, 15) is 10.2 Å². The van der Waals surface area contributed by atoms with E-state index in [0.717, 1.165) is 0 Å². The lowest BCUT2D eigenvalue weighted by molar-refractivity contribution is -0.0511. The van der Waals surface area contributed by atoms with Gasteiger partial charge in [-0.2, -0.15) is 0 Å². The Morgan fingerprint density at radius 1 is 1.38 bits per heavy atom. The molecule has 21 heavy (non-hydrogen) atoms. The smallest absolute Gasteiger partial charge is 0.168 e. The van der Waals surface area contributed by atoms with Crippen molar-refractivity contribution in [2.45, 2.75) is 24.5 Å². The summed E-state index contributed by atoms with van der Waals surface area (Å²) in [5.74, 6) is 0.494. The monoisotopic (exact) mass is 293 g/mol. The molecule has 0 aliphatic carbocycles. The Bertz CT molecular complexity index is 688. The van der Waals surface area contributed by atoms with Crippen LogP contribution in [0.25, 0.3) is 17.2 Å². The molecule has 3 heterocycles. The number of nitrogen functional groups attached to an aromatic ring is 1. The van der Waals surface area contributed by atoms with E-state index in [1.807, 2.05) is 0 Å². The molecular formula is C12H15N5O4. The van der Waals surface area contributed by atoms with E-state index in [-0.39, 0.29) is 5.82 Å². The van der Waals surface area contributed by atoms with Crippen LogP contribution in [0, 0.1) is 0 Å². The van der Waals surface area contributed by atoms with Gasteiger partial charge in [-0.15, -0.1) is 0 Å². The van der Waals surface area contributed by atoms with Crippen LogP contribution in [-0.4, -0.2) is 59.8 Å². The number of fused-ring (bicyclic) bond motifs is 1. The van der Waals surface area contributed by atoms with E-state index >= 15 is 0 Å². The van der Waals surface area contributed by atoms with Crippen LogP contribution >= 0.6 is 0 Å². The van der Waals surface area contributed by atoms with E-state index in [1.165, 1.54) is 17.0 Å². The van der Waals surface area contributed by atoms with Crippen molar-refractivity contribution in [3.05, 3.63) is 18.7 Å². The Morgan fingerprint density at radius 2 is 2.14 bits per heavy atom. The molecule has 1 saturated heterocycles. The van der Waals surface area contributed by atoms with Gasteiger partial charge in [-0.05, 0) is 6.08 Å². The molecule has 2 aromatic heterocycles. The number of aliphatic hydroxyl groups excluding tert-OH is 3. The Morgan fingerprint density at radius 3 is 2.76 bits per heavy atom. The fourth-order valence-corrected chi connectivity index (χ4v) is 2.34. The average Bonchev–Trinajstić information content (AvgIpc) is 3.02. The van der Waals surface area contributed by atoms with Crippen molar-refractivity contribution in [2.24, 2.45) is 0 Å². The highest BCUT2D eigenvalue weighted by atomic mass is 16.6. The second-order valence-corrected chi connectivity index (χ2v) is 4.72. The first kappa shape index (κ1) is 13.9. The van der Waals surface area contributed by atoms with Crippen molar-refractivity contribution >= 4 is 23.1 Å². The third-order valence-electron chi connectivity index (χ3n) is 3.44. The van der Waals surface area contributed by atoms with E-state index < -0.39 is 31.1 Å². The van der Waals surface area contributed by atoms with E-state index in [1.54, 1.807) is 0 Å². The normalized spacial score (nSPS) is 29.1. The minimum absolute atomic E-state index is 0.181. The number of nitrogens with zero attached hydrogens (tertiary/aromatic N) is 4. The molecule has 4 atom stereocenters. The van der Waals surface area contributed by atoms with Crippen LogP contribution in [0.5, 0.6) is 0 Å². The molecule has 0 aromatic carbocycles. The maximum atomic E-state index is 10.1. The third kappa shape index (κ3) is 2.07. The van der Waals surface area contributed by atoms with Gasteiger partial charge in [-0.1, -0.05) is 6.58 Å². The second kappa shape index (κ2) is 5.04. The van der Waals surface area contributed by atoms with Gasteiger partial charge < -0.3 is 25.8 Å².